The second-order valence-corrected chi connectivity index (χ2v) is 4.28. The molecule has 0 aliphatic rings. The van der Waals surface area contributed by atoms with E-state index in [1.54, 1.807) is 6.92 Å². The normalized spacial score (nSPS) is 15.1. The third kappa shape index (κ3) is 2.03. The molecule has 5 heteroatoms. The summed E-state index contributed by atoms with van der Waals surface area (Å²) in [6.45, 7) is 1.72. The second kappa shape index (κ2) is 3.41. The molecule has 0 aliphatic carbocycles. The summed E-state index contributed by atoms with van der Waals surface area (Å²) in [7, 11) is -4.76. The smallest absolute Gasteiger partial charge is 0.225 e. The first kappa shape index (κ1) is 10.1. The number of rotatable bonds is 1. The van der Waals surface area contributed by atoms with Crippen LogP contribution in [0.25, 0.3) is 0 Å². The molecular formula is C8H7F3OS. The minimum absolute atomic E-state index is 0.488. The van der Waals surface area contributed by atoms with Gasteiger partial charge in [-0.2, -0.15) is 8.78 Å². The molecule has 0 saturated heterocycles. The Labute approximate surface area is 74.5 Å². The van der Waals surface area contributed by atoms with Crippen LogP contribution >= 0.6 is 0 Å². The van der Waals surface area contributed by atoms with Crippen molar-refractivity contribution in [2.45, 2.75) is 11.8 Å². The van der Waals surface area contributed by atoms with E-state index < -0.39 is 20.2 Å². The second-order valence-electron chi connectivity index (χ2n) is 2.52. The van der Waals surface area contributed by atoms with Crippen LogP contribution in [0.15, 0.2) is 29.2 Å². The Hall–Kier alpha value is -0.970. The van der Waals surface area contributed by atoms with Gasteiger partial charge in [-0.05, 0) is 19.1 Å². The number of hydrogen-bond acceptors (Lipinski definition) is 1. The Kier molecular flexibility index (Phi) is 2.66. The SMILES string of the molecule is Cc1ccc(S(=O)(F)=C(F)F)cc1. The minimum atomic E-state index is -4.76. The number of halogens is 3. The predicted octanol–water partition coefficient (Wildman–Crippen LogP) is 2.55. The molecule has 0 spiro atoms. The van der Waals surface area contributed by atoms with Crippen LogP contribution < -0.4 is 0 Å². The summed E-state index contributed by atoms with van der Waals surface area (Å²) < 4.78 is 47.3. The van der Waals surface area contributed by atoms with Gasteiger partial charge >= 0.3 is 5.37 Å². The van der Waals surface area contributed by atoms with Gasteiger partial charge in [0.1, 0.15) is 0 Å². The van der Waals surface area contributed by atoms with Crippen molar-refractivity contribution in [3.05, 3.63) is 29.8 Å². The molecule has 0 heterocycles. The monoisotopic (exact) mass is 208 g/mol. The van der Waals surface area contributed by atoms with Crippen molar-refractivity contribution >= 4 is 15.3 Å². The van der Waals surface area contributed by atoms with Gasteiger partial charge in [0.15, 0.2) is 0 Å². The zero-order chi connectivity index (χ0) is 10.1. The van der Waals surface area contributed by atoms with Gasteiger partial charge in [0.25, 0.3) is 0 Å². The number of hydrogen-bond donors (Lipinski definition) is 0. The zero-order valence-corrected chi connectivity index (χ0v) is 7.58. The van der Waals surface area contributed by atoms with Gasteiger partial charge in [-0.25, -0.2) is 4.21 Å². The molecule has 1 atom stereocenters. The average molecular weight is 208 g/mol. The summed E-state index contributed by atoms with van der Waals surface area (Å²) in [5, 5.41) is -2.68. The topological polar surface area (TPSA) is 17.1 Å². The number of aryl methyl sites for hydroxylation is 1. The lowest BCUT2D eigenvalue weighted by atomic mass is 10.2. The average Bonchev–Trinajstić information content (AvgIpc) is 2.04. The third-order valence-electron chi connectivity index (χ3n) is 1.52. The molecular weight excluding hydrogens is 201 g/mol. The lowest BCUT2D eigenvalue weighted by Gasteiger charge is -1.99. The molecule has 13 heavy (non-hydrogen) atoms. The van der Waals surface area contributed by atoms with Crippen LogP contribution in [-0.2, 0) is 9.91 Å². The van der Waals surface area contributed by atoms with Crippen molar-refractivity contribution in [3.8, 4) is 0 Å². The maximum atomic E-state index is 12.8. The van der Waals surface area contributed by atoms with Gasteiger partial charge in [-0.3, -0.25) is 0 Å². The summed E-state index contributed by atoms with van der Waals surface area (Å²) >= 11 is 0. The van der Waals surface area contributed by atoms with Crippen LogP contribution in [0.1, 0.15) is 5.56 Å². The maximum Gasteiger partial charge on any atom is 0.355 e. The molecule has 72 valence electrons. The van der Waals surface area contributed by atoms with Crippen LogP contribution in [0.3, 0.4) is 0 Å². The van der Waals surface area contributed by atoms with E-state index >= 15 is 0 Å². The van der Waals surface area contributed by atoms with E-state index in [0.29, 0.717) is 0 Å². The van der Waals surface area contributed by atoms with Gasteiger partial charge < -0.3 is 0 Å². The Balaban J connectivity index is 3.34. The van der Waals surface area contributed by atoms with Crippen molar-refractivity contribution in [1.82, 2.24) is 0 Å². The standard InChI is InChI=1S/C8H7F3OS/c1-6-2-4-7(5-3-6)13(11,12)8(9)10/h2-5H,1H3. The van der Waals surface area contributed by atoms with Crippen molar-refractivity contribution in [3.63, 3.8) is 0 Å². The molecule has 1 rings (SSSR count). The van der Waals surface area contributed by atoms with Gasteiger partial charge in [-0.1, -0.05) is 17.7 Å². The molecule has 0 aromatic heterocycles. The molecule has 0 fully saturated rings. The van der Waals surface area contributed by atoms with Crippen LogP contribution in [0.4, 0.5) is 12.7 Å². The fourth-order valence-corrected chi connectivity index (χ4v) is 1.47. The van der Waals surface area contributed by atoms with E-state index in [1.165, 1.54) is 12.1 Å². The van der Waals surface area contributed by atoms with Crippen LogP contribution in [0.2, 0.25) is 0 Å². The molecule has 0 radical (unpaired) electrons. The van der Waals surface area contributed by atoms with Crippen LogP contribution in [0.5, 0.6) is 0 Å². The number of benzene rings is 1. The van der Waals surface area contributed by atoms with E-state index in [-0.39, 0.29) is 0 Å². The molecule has 0 bridgehead atoms. The highest BCUT2D eigenvalue weighted by Gasteiger charge is 2.16. The highest BCUT2D eigenvalue weighted by molar-refractivity contribution is 7.97. The van der Waals surface area contributed by atoms with Crippen molar-refractivity contribution in [2.24, 2.45) is 0 Å². The van der Waals surface area contributed by atoms with Crippen molar-refractivity contribution < 1.29 is 16.9 Å². The maximum absolute atomic E-state index is 12.8. The molecule has 1 nitrogen and oxygen atoms in total. The molecule has 0 amide bonds. The lowest BCUT2D eigenvalue weighted by Crippen LogP contribution is -2.00. The van der Waals surface area contributed by atoms with E-state index in [0.717, 1.165) is 17.7 Å². The molecule has 1 aromatic rings. The molecule has 1 aromatic carbocycles. The predicted molar refractivity (Wildman–Crippen MR) is 45.9 cm³/mol. The summed E-state index contributed by atoms with van der Waals surface area (Å²) in [6, 6.07) is 5.04. The zero-order valence-electron chi connectivity index (χ0n) is 6.76. The Morgan fingerprint density at radius 3 is 2.08 bits per heavy atom. The third-order valence-corrected chi connectivity index (χ3v) is 2.80. The van der Waals surface area contributed by atoms with Crippen molar-refractivity contribution in [1.29, 1.82) is 0 Å². The first-order valence-corrected chi connectivity index (χ1v) is 4.89. The van der Waals surface area contributed by atoms with Crippen molar-refractivity contribution in [2.75, 3.05) is 0 Å². The molecule has 0 N–H and O–H groups in total. The van der Waals surface area contributed by atoms with Gasteiger partial charge in [0, 0.05) is 0 Å². The fourth-order valence-electron chi connectivity index (χ4n) is 0.802. The lowest BCUT2D eigenvalue weighted by molar-refractivity contribution is 0.606. The summed E-state index contributed by atoms with van der Waals surface area (Å²) in [5.41, 5.74) is 0.790. The Bertz CT molecular complexity index is 412. The van der Waals surface area contributed by atoms with E-state index in [4.69, 9.17) is 0 Å². The van der Waals surface area contributed by atoms with Gasteiger partial charge in [0.05, 0.1) is 4.90 Å². The molecule has 0 saturated carbocycles. The van der Waals surface area contributed by atoms with E-state index in [2.05, 4.69) is 0 Å². The van der Waals surface area contributed by atoms with Crippen LogP contribution in [-0.4, -0.2) is 9.58 Å². The van der Waals surface area contributed by atoms with Crippen LogP contribution in [0, 0.1) is 6.92 Å². The van der Waals surface area contributed by atoms with Gasteiger partial charge in [0.2, 0.25) is 9.91 Å². The summed E-state index contributed by atoms with van der Waals surface area (Å²) in [6.07, 6.45) is 0. The largest absolute Gasteiger partial charge is 0.355 e. The summed E-state index contributed by atoms with van der Waals surface area (Å²) in [5.74, 6) is 0. The van der Waals surface area contributed by atoms with Gasteiger partial charge in [-0.15, -0.1) is 3.89 Å². The Morgan fingerprint density at radius 1 is 1.23 bits per heavy atom. The highest BCUT2D eigenvalue weighted by atomic mass is 32.2. The fraction of sp³-hybridized carbons (Fsp3) is 0.125. The van der Waals surface area contributed by atoms with E-state index in [9.17, 15) is 16.9 Å². The molecule has 0 aliphatic heterocycles. The first-order chi connectivity index (χ1) is 5.94. The first-order valence-electron chi connectivity index (χ1n) is 3.43. The highest BCUT2D eigenvalue weighted by Crippen LogP contribution is 2.16. The van der Waals surface area contributed by atoms with E-state index in [1.807, 2.05) is 0 Å². The summed E-state index contributed by atoms with van der Waals surface area (Å²) in [4.78, 5) is -0.488. The molecule has 1 unspecified atom stereocenters. The minimum Gasteiger partial charge on any atom is -0.225 e. The Morgan fingerprint density at radius 2 is 1.69 bits per heavy atom. The quantitative estimate of drug-likeness (QED) is 0.512.